The van der Waals surface area contributed by atoms with Gasteiger partial charge in [-0.05, 0) is 24.5 Å². The van der Waals surface area contributed by atoms with Gasteiger partial charge in [-0.1, -0.05) is 49.6 Å². The van der Waals surface area contributed by atoms with Gasteiger partial charge in [-0.3, -0.25) is 0 Å². The van der Waals surface area contributed by atoms with Crippen LogP contribution in [-0.4, -0.2) is 5.38 Å². The van der Waals surface area contributed by atoms with Gasteiger partial charge in [0.05, 0.1) is 0 Å². The molecule has 0 saturated heterocycles. The van der Waals surface area contributed by atoms with Crippen molar-refractivity contribution >= 4 is 23.2 Å². The number of alkyl halides is 1. The van der Waals surface area contributed by atoms with Crippen LogP contribution in [-0.2, 0) is 6.42 Å². The zero-order chi connectivity index (χ0) is 10.4. The van der Waals surface area contributed by atoms with E-state index in [2.05, 4.69) is 6.92 Å². The summed E-state index contributed by atoms with van der Waals surface area (Å²) in [5.41, 5.74) is 1.16. The Balaban J connectivity index is 2.47. The average Bonchev–Trinajstić information content (AvgIpc) is 2.18. The van der Waals surface area contributed by atoms with Crippen molar-refractivity contribution in [2.75, 3.05) is 0 Å². The van der Waals surface area contributed by atoms with E-state index in [1.54, 1.807) is 0 Å². The van der Waals surface area contributed by atoms with Gasteiger partial charge < -0.3 is 0 Å². The molecular weight excluding hydrogens is 215 g/mol. The van der Waals surface area contributed by atoms with Crippen molar-refractivity contribution in [1.29, 1.82) is 0 Å². The number of benzene rings is 1. The molecule has 0 N–H and O–H groups in total. The number of rotatable bonds is 5. The minimum atomic E-state index is 0.217. The summed E-state index contributed by atoms with van der Waals surface area (Å²) >= 11 is 12.3. The van der Waals surface area contributed by atoms with Crippen molar-refractivity contribution in [1.82, 2.24) is 0 Å². The standard InChI is InChI=1S/C12H16Cl2/c1-2-3-7-11(13)9-10-6-4-5-8-12(10)14/h4-6,8,11H,2-3,7,9H2,1H3. The largest absolute Gasteiger partial charge is 0.123 e. The number of hydrogen-bond acceptors (Lipinski definition) is 0. The minimum absolute atomic E-state index is 0.217. The second kappa shape index (κ2) is 6.31. The molecule has 0 aromatic heterocycles. The van der Waals surface area contributed by atoms with Crippen LogP contribution < -0.4 is 0 Å². The molecule has 0 nitrogen and oxygen atoms in total. The van der Waals surface area contributed by atoms with Crippen LogP contribution in [0.25, 0.3) is 0 Å². The molecule has 1 rings (SSSR count). The summed E-state index contributed by atoms with van der Waals surface area (Å²) in [6.07, 6.45) is 4.34. The Morgan fingerprint density at radius 3 is 2.64 bits per heavy atom. The molecule has 0 aliphatic carbocycles. The molecule has 0 saturated carbocycles. The first-order valence-corrected chi connectivity index (χ1v) is 5.93. The van der Waals surface area contributed by atoms with Crippen LogP contribution in [0.5, 0.6) is 0 Å². The van der Waals surface area contributed by atoms with Gasteiger partial charge in [0.2, 0.25) is 0 Å². The predicted octanol–water partition coefficient (Wildman–Crippen LogP) is 4.68. The molecule has 78 valence electrons. The van der Waals surface area contributed by atoms with Crippen LogP contribution in [0.4, 0.5) is 0 Å². The fourth-order valence-electron chi connectivity index (χ4n) is 1.43. The molecule has 14 heavy (non-hydrogen) atoms. The topological polar surface area (TPSA) is 0 Å². The highest BCUT2D eigenvalue weighted by atomic mass is 35.5. The average molecular weight is 231 g/mol. The van der Waals surface area contributed by atoms with E-state index in [4.69, 9.17) is 23.2 Å². The van der Waals surface area contributed by atoms with E-state index in [-0.39, 0.29) is 5.38 Å². The summed E-state index contributed by atoms with van der Waals surface area (Å²) in [4.78, 5) is 0. The van der Waals surface area contributed by atoms with E-state index in [0.29, 0.717) is 0 Å². The first-order valence-electron chi connectivity index (χ1n) is 5.11. The maximum absolute atomic E-state index is 6.21. The van der Waals surface area contributed by atoms with Gasteiger partial charge in [0.1, 0.15) is 0 Å². The zero-order valence-electron chi connectivity index (χ0n) is 8.47. The van der Waals surface area contributed by atoms with Crippen molar-refractivity contribution < 1.29 is 0 Å². The Hall–Kier alpha value is -0.200. The molecule has 1 aromatic rings. The first-order chi connectivity index (χ1) is 6.74. The number of halogens is 2. The lowest BCUT2D eigenvalue weighted by Gasteiger charge is -2.09. The SMILES string of the molecule is CCCCC(Cl)Cc1ccccc1Cl. The summed E-state index contributed by atoms with van der Waals surface area (Å²) < 4.78 is 0. The van der Waals surface area contributed by atoms with E-state index < -0.39 is 0 Å². The summed E-state index contributed by atoms with van der Waals surface area (Å²) in [7, 11) is 0. The van der Waals surface area contributed by atoms with Crippen molar-refractivity contribution in [3.05, 3.63) is 34.9 Å². The van der Waals surface area contributed by atoms with Crippen molar-refractivity contribution in [2.24, 2.45) is 0 Å². The Morgan fingerprint density at radius 1 is 1.29 bits per heavy atom. The third kappa shape index (κ3) is 3.89. The quantitative estimate of drug-likeness (QED) is 0.645. The van der Waals surface area contributed by atoms with Crippen molar-refractivity contribution in [3.63, 3.8) is 0 Å². The van der Waals surface area contributed by atoms with E-state index in [9.17, 15) is 0 Å². The second-order valence-electron chi connectivity index (χ2n) is 3.54. The third-order valence-corrected chi connectivity index (χ3v) is 3.01. The first kappa shape index (κ1) is 11.9. The van der Waals surface area contributed by atoms with E-state index in [1.165, 1.54) is 12.8 Å². The van der Waals surface area contributed by atoms with Gasteiger partial charge in [-0.25, -0.2) is 0 Å². The fourth-order valence-corrected chi connectivity index (χ4v) is 1.96. The lowest BCUT2D eigenvalue weighted by molar-refractivity contribution is 0.674. The van der Waals surface area contributed by atoms with E-state index in [0.717, 1.165) is 23.4 Å². The smallest absolute Gasteiger partial charge is 0.0438 e. The Labute approximate surface area is 96.2 Å². The number of unbranched alkanes of at least 4 members (excludes halogenated alkanes) is 1. The second-order valence-corrected chi connectivity index (χ2v) is 4.56. The Kier molecular flexibility index (Phi) is 5.36. The van der Waals surface area contributed by atoms with E-state index in [1.807, 2.05) is 24.3 Å². The lowest BCUT2D eigenvalue weighted by atomic mass is 10.1. The van der Waals surface area contributed by atoms with Gasteiger partial charge in [-0.2, -0.15) is 0 Å². The lowest BCUT2D eigenvalue weighted by Crippen LogP contribution is -2.03. The van der Waals surface area contributed by atoms with Gasteiger partial charge in [-0.15, -0.1) is 11.6 Å². The van der Waals surface area contributed by atoms with Crippen LogP contribution in [0.3, 0.4) is 0 Å². The summed E-state index contributed by atoms with van der Waals surface area (Å²) in [5.74, 6) is 0. The highest BCUT2D eigenvalue weighted by Gasteiger charge is 2.07. The van der Waals surface area contributed by atoms with Gasteiger partial charge >= 0.3 is 0 Å². The maximum Gasteiger partial charge on any atom is 0.0438 e. The maximum atomic E-state index is 6.21. The van der Waals surface area contributed by atoms with Crippen LogP contribution in [0.1, 0.15) is 31.7 Å². The van der Waals surface area contributed by atoms with Crippen LogP contribution in [0, 0.1) is 0 Å². The summed E-state index contributed by atoms with van der Waals surface area (Å²) in [5, 5.41) is 1.05. The zero-order valence-corrected chi connectivity index (χ0v) is 9.98. The van der Waals surface area contributed by atoms with Gasteiger partial charge in [0, 0.05) is 10.4 Å². The molecule has 0 bridgehead atoms. The molecular formula is C12H16Cl2. The monoisotopic (exact) mass is 230 g/mol. The van der Waals surface area contributed by atoms with Crippen molar-refractivity contribution in [3.8, 4) is 0 Å². The summed E-state index contributed by atoms with van der Waals surface area (Å²) in [6, 6.07) is 7.91. The predicted molar refractivity (Wildman–Crippen MR) is 64.3 cm³/mol. The van der Waals surface area contributed by atoms with Crippen LogP contribution >= 0.6 is 23.2 Å². The molecule has 0 heterocycles. The molecule has 0 radical (unpaired) electrons. The molecule has 0 fully saturated rings. The minimum Gasteiger partial charge on any atom is -0.123 e. The molecule has 2 heteroatoms. The molecule has 0 spiro atoms. The van der Waals surface area contributed by atoms with Gasteiger partial charge in [0.25, 0.3) is 0 Å². The fraction of sp³-hybridized carbons (Fsp3) is 0.500. The highest BCUT2D eigenvalue weighted by molar-refractivity contribution is 6.31. The molecule has 0 aliphatic heterocycles. The van der Waals surface area contributed by atoms with Crippen molar-refractivity contribution in [2.45, 2.75) is 38.0 Å². The molecule has 1 unspecified atom stereocenters. The third-order valence-electron chi connectivity index (χ3n) is 2.27. The van der Waals surface area contributed by atoms with Gasteiger partial charge in [0.15, 0.2) is 0 Å². The molecule has 0 amide bonds. The van der Waals surface area contributed by atoms with Crippen LogP contribution in [0.2, 0.25) is 5.02 Å². The van der Waals surface area contributed by atoms with E-state index >= 15 is 0 Å². The Morgan fingerprint density at radius 2 is 2.00 bits per heavy atom. The molecule has 1 atom stereocenters. The van der Waals surface area contributed by atoms with Crippen LogP contribution in [0.15, 0.2) is 24.3 Å². The molecule has 1 aromatic carbocycles. The normalized spacial score (nSPS) is 12.8. The molecule has 0 aliphatic rings. The highest BCUT2D eigenvalue weighted by Crippen LogP contribution is 2.20. The Bertz CT molecular complexity index is 271. The number of hydrogen-bond donors (Lipinski definition) is 0. The summed E-state index contributed by atoms with van der Waals surface area (Å²) in [6.45, 7) is 2.18.